The lowest BCUT2D eigenvalue weighted by Crippen LogP contribution is -2.37. The Labute approximate surface area is 161 Å². The van der Waals surface area contributed by atoms with Crippen LogP contribution >= 0.6 is 11.3 Å². The number of nitrogens with zero attached hydrogens (tertiary/aromatic N) is 1. The summed E-state index contributed by atoms with van der Waals surface area (Å²) < 4.78 is 5.67. The molecule has 0 radical (unpaired) electrons. The van der Waals surface area contributed by atoms with Gasteiger partial charge in [-0.1, -0.05) is 30.3 Å². The Hall–Kier alpha value is -3.19. The van der Waals surface area contributed by atoms with E-state index in [-0.39, 0.29) is 5.91 Å². The topological polar surface area (TPSA) is 94.3 Å². The van der Waals surface area contributed by atoms with E-state index in [4.69, 9.17) is 10.5 Å². The maximum atomic E-state index is 12.5. The monoisotopic (exact) mass is 381 g/mol. The number of carbonyl (C=O) groups excluding carboxylic acids is 2. The number of primary amides is 1. The van der Waals surface area contributed by atoms with E-state index < -0.39 is 11.9 Å². The van der Waals surface area contributed by atoms with Gasteiger partial charge in [0.1, 0.15) is 18.4 Å². The summed E-state index contributed by atoms with van der Waals surface area (Å²) in [7, 11) is 0. The molecule has 1 heterocycles. The van der Waals surface area contributed by atoms with Crippen molar-refractivity contribution >= 4 is 23.2 Å². The van der Waals surface area contributed by atoms with Gasteiger partial charge in [0.25, 0.3) is 5.91 Å². The van der Waals surface area contributed by atoms with Gasteiger partial charge in [-0.3, -0.25) is 9.59 Å². The first-order valence-electron chi connectivity index (χ1n) is 8.32. The minimum Gasteiger partial charge on any atom is -0.487 e. The zero-order valence-corrected chi connectivity index (χ0v) is 15.5. The van der Waals surface area contributed by atoms with Crippen molar-refractivity contribution in [2.24, 2.45) is 5.73 Å². The van der Waals surface area contributed by atoms with Crippen LogP contribution in [-0.2, 0) is 11.4 Å². The summed E-state index contributed by atoms with van der Waals surface area (Å²) in [6.07, 6.45) is 0. The van der Waals surface area contributed by atoms with Crippen LogP contribution in [0.2, 0.25) is 0 Å². The van der Waals surface area contributed by atoms with Crippen LogP contribution in [0.1, 0.15) is 32.7 Å². The van der Waals surface area contributed by atoms with Crippen molar-refractivity contribution in [3.63, 3.8) is 0 Å². The van der Waals surface area contributed by atoms with Crippen LogP contribution in [0.4, 0.5) is 0 Å². The van der Waals surface area contributed by atoms with Gasteiger partial charge in [0.15, 0.2) is 0 Å². The Kier molecular flexibility index (Phi) is 5.83. The van der Waals surface area contributed by atoms with E-state index in [0.717, 1.165) is 10.7 Å². The summed E-state index contributed by atoms with van der Waals surface area (Å²) in [5.41, 5.74) is 7.35. The first kappa shape index (κ1) is 18.6. The van der Waals surface area contributed by atoms with Crippen LogP contribution in [0.15, 0.2) is 60.0 Å². The fourth-order valence-corrected chi connectivity index (χ4v) is 3.11. The molecule has 27 heavy (non-hydrogen) atoms. The van der Waals surface area contributed by atoms with E-state index in [1.54, 1.807) is 59.9 Å². The fourth-order valence-electron chi connectivity index (χ4n) is 2.51. The largest absolute Gasteiger partial charge is 0.487 e. The Morgan fingerprint density at radius 3 is 2.44 bits per heavy atom. The normalized spacial score (nSPS) is 11.6. The van der Waals surface area contributed by atoms with Crippen LogP contribution in [0.25, 0.3) is 0 Å². The van der Waals surface area contributed by atoms with E-state index in [1.165, 1.54) is 0 Å². The van der Waals surface area contributed by atoms with E-state index in [2.05, 4.69) is 10.3 Å². The quantitative estimate of drug-likeness (QED) is 0.658. The standard InChI is InChI=1S/C20H19N3O3S/c1-13-22-16(12-27-13)11-26-17-9-7-15(8-10-17)20(25)23-18(19(21)24)14-5-3-2-4-6-14/h2-10,12,18H,11H2,1H3,(H2,21,24)(H,23,25). The fraction of sp³-hybridized carbons (Fsp3) is 0.150. The average molecular weight is 381 g/mol. The second-order valence-corrected chi connectivity index (χ2v) is 6.95. The Morgan fingerprint density at radius 2 is 1.85 bits per heavy atom. The smallest absolute Gasteiger partial charge is 0.252 e. The SMILES string of the molecule is Cc1nc(COc2ccc(C(=O)NC(C(N)=O)c3ccccc3)cc2)cs1. The molecule has 6 nitrogen and oxygen atoms in total. The number of nitrogens with two attached hydrogens (primary N) is 1. The molecule has 0 saturated heterocycles. The van der Waals surface area contributed by atoms with Crippen molar-refractivity contribution in [1.29, 1.82) is 0 Å². The molecule has 1 atom stereocenters. The molecule has 2 aromatic carbocycles. The molecule has 138 valence electrons. The molecule has 0 spiro atoms. The summed E-state index contributed by atoms with van der Waals surface area (Å²) in [4.78, 5) is 28.5. The van der Waals surface area contributed by atoms with Gasteiger partial charge in [-0.25, -0.2) is 4.98 Å². The molecule has 0 aliphatic heterocycles. The Morgan fingerprint density at radius 1 is 1.15 bits per heavy atom. The number of benzene rings is 2. The van der Waals surface area contributed by atoms with Crippen LogP contribution in [0.3, 0.4) is 0 Å². The molecule has 1 aromatic heterocycles. The van der Waals surface area contributed by atoms with Crippen LogP contribution in [0, 0.1) is 6.92 Å². The highest BCUT2D eigenvalue weighted by molar-refractivity contribution is 7.09. The third-order valence-corrected chi connectivity index (χ3v) is 4.68. The summed E-state index contributed by atoms with van der Waals surface area (Å²) >= 11 is 1.57. The van der Waals surface area contributed by atoms with Gasteiger partial charge in [-0.05, 0) is 36.8 Å². The zero-order valence-electron chi connectivity index (χ0n) is 14.7. The summed E-state index contributed by atoms with van der Waals surface area (Å²) in [5.74, 6) is -0.371. The molecular formula is C20H19N3O3S. The van der Waals surface area contributed by atoms with Crippen molar-refractivity contribution in [3.05, 3.63) is 81.8 Å². The highest BCUT2D eigenvalue weighted by atomic mass is 32.1. The van der Waals surface area contributed by atoms with Crippen LogP contribution in [0.5, 0.6) is 5.75 Å². The van der Waals surface area contributed by atoms with Crippen molar-refractivity contribution in [3.8, 4) is 5.75 Å². The number of nitrogens with one attached hydrogen (secondary N) is 1. The molecule has 3 rings (SSSR count). The van der Waals surface area contributed by atoms with Crippen molar-refractivity contribution in [1.82, 2.24) is 10.3 Å². The van der Waals surface area contributed by atoms with Gasteiger partial charge in [0, 0.05) is 10.9 Å². The highest BCUT2D eigenvalue weighted by Crippen LogP contribution is 2.17. The number of hydrogen-bond donors (Lipinski definition) is 2. The minimum atomic E-state index is -0.887. The zero-order chi connectivity index (χ0) is 19.2. The van der Waals surface area contributed by atoms with E-state index in [1.807, 2.05) is 18.4 Å². The molecule has 0 saturated carbocycles. The molecule has 0 fully saturated rings. The molecule has 0 bridgehead atoms. The molecule has 3 aromatic rings. The maximum Gasteiger partial charge on any atom is 0.252 e. The Bertz CT molecular complexity index is 923. The third-order valence-electron chi connectivity index (χ3n) is 3.86. The Balaban J connectivity index is 1.63. The summed E-state index contributed by atoms with van der Waals surface area (Å²) in [5, 5.41) is 5.60. The number of aromatic nitrogens is 1. The van der Waals surface area contributed by atoms with E-state index in [0.29, 0.717) is 23.5 Å². The lowest BCUT2D eigenvalue weighted by Gasteiger charge is -2.16. The van der Waals surface area contributed by atoms with Gasteiger partial charge in [-0.2, -0.15) is 0 Å². The number of ether oxygens (including phenoxy) is 1. The molecular weight excluding hydrogens is 362 g/mol. The van der Waals surface area contributed by atoms with Crippen LogP contribution < -0.4 is 15.8 Å². The van der Waals surface area contributed by atoms with Crippen molar-refractivity contribution in [2.75, 3.05) is 0 Å². The number of rotatable bonds is 7. The highest BCUT2D eigenvalue weighted by Gasteiger charge is 2.20. The van der Waals surface area contributed by atoms with Gasteiger partial charge < -0.3 is 15.8 Å². The maximum absolute atomic E-state index is 12.5. The second-order valence-electron chi connectivity index (χ2n) is 5.89. The van der Waals surface area contributed by atoms with Crippen molar-refractivity contribution in [2.45, 2.75) is 19.6 Å². The summed E-state index contributed by atoms with van der Waals surface area (Å²) in [6.45, 7) is 2.31. The number of aryl methyl sites for hydroxylation is 1. The van der Waals surface area contributed by atoms with Gasteiger partial charge >= 0.3 is 0 Å². The lowest BCUT2D eigenvalue weighted by molar-refractivity contribution is -0.120. The predicted molar refractivity (Wildman–Crippen MR) is 103 cm³/mol. The van der Waals surface area contributed by atoms with Gasteiger partial charge in [0.2, 0.25) is 5.91 Å². The van der Waals surface area contributed by atoms with Crippen LogP contribution in [-0.4, -0.2) is 16.8 Å². The molecule has 2 amide bonds. The second kappa shape index (κ2) is 8.46. The van der Waals surface area contributed by atoms with E-state index >= 15 is 0 Å². The molecule has 0 aliphatic carbocycles. The molecule has 3 N–H and O–H groups in total. The van der Waals surface area contributed by atoms with Gasteiger partial charge in [0.05, 0.1) is 10.7 Å². The number of hydrogen-bond acceptors (Lipinski definition) is 5. The van der Waals surface area contributed by atoms with E-state index in [9.17, 15) is 9.59 Å². The first-order valence-corrected chi connectivity index (χ1v) is 9.20. The number of thiazole rings is 1. The summed E-state index contributed by atoms with van der Waals surface area (Å²) in [6, 6.07) is 14.7. The average Bonchev–Trinajstić information content (AvgIpc) is 3.10. The predicted octanol–water partition coefficient (Wildman–Crippen LogP) is 2.99. The van der Waals surface area contributed by atoms with Crippen molar-refractivity contribution < 1.29 is 14.3 Å². The number of amides is 2. The number of carbonyl (C=O) groups is 2. The molecule has 7 heteroatoms. The van der Waals surface area contributed by atoms with Gasteiger partial charge in [-0.15, -0.1) is 11.3 Å². The third kappa shape index (κ3) is 4.92. The molecule has 0 aliphatic rings. The minimum absolute atomic E-state index is 0.369. The molecule has 1 unspecified atom stereocenters. The lowest BCUT2D eigenvalue weighted by atomic mass is 10.1. The first-order chi connectivity index (χ1) is 13.0.